The smallest absolute Gasteiger partial charge is 0.383 e. The van der Waals surface area contributed by atoms with Gasteiger partial charge in [-0.15, -0.1) is 0 Å². The zero-order valence-corrected chi connectivity index (χ0v) is 18.3. The van der Waals surface area contributed by atoms with Crippen molar-refractivity contribution in [2.75, 3.05) is 12.3 Å². The first-order valence-corrected chi connectivity index (χ1v) is 10.6. The Morgan fingerprint density at radius 3 is 2.64 bits per heavy atom. The summed E-state index contributed by atoms with van der Waals surface area (Å²) in [7, 11) is 0. The fourth-order valence-corrected chi connectivity index (χ4v) is 3.75. The molecule has 7 nitrogen and oxygen atoms in total. The van der Waals surface area contributed by atoms with Crippen LogP contribution in [0.5, 0.6) is 0 Å². The van der Waals surface area contributed by atoms with Crippen LogP contribution in [0.2, 0.25) is 0 Å². The highest BCUT2D eigenvalue weighted by molar-refractivity contribution is 5.98. The van der Waals surface area contributed by atoms with Crippen LogP contribution >= 0.6 is 0 Å². The molecule has 0 spiro atoms. The molecule has 3 aromatic heterocycles. The van der Waals surface area contributed by atoms with E-state index in [1.165, 1.54) is 12.3 Å². The van der Waals surface area contributed by atoms with Crippen LogP contribution in [-0.4, -0.2) is 32.3 Å². The summed E-state index contributed by atoms with van der Waals surface area (Å²) in [4.78, 5) is 27.6. The van der Waals surface area contributed by atoms with Crippen LogP contribution in [0.15, 0.2) is 30.6 Å². The molecule has 0 saturated carbocycles. The lowest BCUT2D eigenvalue weighted by Crippen LogP contribution is -2.34. The van der Waals surface area contributed by atoms with Crippen LogP contribution in [0, 0.1) is 5.92 Å². The van der Waals surface area contributed by atoms with Gasteiger partial charge in [0.2, 0.25) is 0 Å². The number of ether oxygens (including phenoxy) is 1. The molecule has 10 heteroatoms. The number of nitrogen functional groups attached to an aromatic ring is 1. The summed E-state index contributed by atoms with van der Waals surface area (Å²) in [5, 5.41) is 0.707. The van der Waals surface area contributed by atoms with Gasteiger partial charge in [0.15, 0.2) is 5.65 Å². The SMILES string of the molecule is CCC(C)CN(Cc1ccc(C(F)(F)F)cn1)C(=O)c1cnc2nc(N)c3c(c2c1)COC3. The number of fused-ring (bicyclic) bond motifs is 3. The van der Waals surface area contributed by atoms with Crippen molar-refractivity contribution in [3.8, 4) is 0 Å². The van der Waals surface area contributed by atoms with Crippen LogP contribution in [0.25, 0.3) is 11.0 Å². The monoisotopic (exact) mass is 459 g/mol. The van der Waals surface area contributed by atoms with Gasteiger partial charge in [-0.05, 0) is 29.7 Å². The first-order chi connectivity index (χ1) is 15.7. The summed E-state index contributed by atoms with van der Waals surface area (Å²) in [6.45, 7) is 5.26. The highest BCUT2D eigenvalue weighted by Crippen LogP contribution is 2.31. The minimum atomic E-state index is -4.46. The number of pyridine rings is 3. The molecular weight excluding hydrogens is 435 g/mol. The fraction of sp³-hybridized carbons (Fsp3) is 0.391. The molecule has 1 aliphatic rings. The van der Waals surface area contributed by atoms with Gasteiger partial charge in [-0.3, -0.25) is 9.78 Å². The van der Waals surface area contributed by atoms with Gasteiger partial charge in [-0.2, -0.15) is 13.2 Å². The fourth-order valence-electron chi connectivity index (χ4n) is 3.75. The van der Waals surface area contributed by atoms with E-state index >= 15 is 0 Å². The molecule has 1 aliphatic heterocycles. The lowest BCUT2D eigenvalue weighted by Gasteiger charge is -2.25. The van der Waals surface area contributed by atoms with E-state index in [9.17, 15) is 18.0 Å². The lowest BCUT2D eigenvalue weighted by molar-refractivity contribution is -0.137. The molecule has 0 aromatic carbocycles. The number of hydrogen-bond donors (Lipinski definition) is 1. The number of carbonyl (C=O) groups excluding carboxylic acids is 1. The van der Waals surface area contributed by atoms with Crippen molar-refractivity contribution in [2.24, 2.45) is 5.92 Å². The number of nitrogens with zero attached hydrogens (tertiary/aromatic N) is 4. The first kappa shape index (κ1) is 22.9. The number of anilines is 1. The number of aromatic nitrogens is 3. The second kappa shape index (κ2) is 8.93. The van der Waals surface area contributed by atoms with Crippen molar-refractivity contribution in [1.82, 2.24) is 19.9 Å². The third kappa shape index (κ3) is 4.75. The number of hydrogen-bond acceptors (Lipinski definition) is 6. The largest absolute Gasteiger partial charge is 0.417 e. The zero-order chi connectivity index (χ0) is 23.8. The highest BCUT2D eigenvalue weighted by Gasteiger charge is 2.31. The van der Waals surface area contributed by atoms with Crippen molar-refractivity contribution in [1.29, 1.82) is 0 Å². The number of nitrogens with two attached hydrogens (primary N) is 1. The summed E-state index contributed by atoms with van der Waals surface area (Å²) in [5.41, 5.74) is 8.01. The average Bonchev–Trinajstić information content (AvgIpc) is 3.29. The van der Waals surface area contributed by atoms with Crippen molar-refractivity contribution in [3.63, 3.8) is 0 Å². The molecule has 1 unspecified atom stereocenters. The predicted octanol–water partition coefficient (Wildman–Crippen LogP) is 4.34. The Morgan fingerprint density at radius 2 is 1.97 bits per heavy atom. The van der Waals surface area contributed by atoms with E-state index in [1.54, 1.807) is 11.0 Å². The number of carbonyl (C=O) groups is 1. The maximum absolute atomic E-state index is 13.4. The zero-order valence-electron chi connectivity index (χ0n) is 18.3. The summed E-state index contributed by atoms with van der Waals surface area (Å²) < 4.78 is 44.1. The molecule has 4 heterocycles. The average molecular weight is 459 g/mol. The molecule has 0 bridgehead atoms. The third-order valence-electron chi connectivity index (χ3n) is 5.85. The maximum Gasteiger partial charge on any atom is 0.417 e. The summed E-state index contributed by atoms with van der Waals surface area (Å²) in [5.74, 6) is 0.278. The van der Waals surface area contributed by atoms with Gasteiger partial charge in [0.05, 0.1) is 36.6 Å². The van der Waals surface area contributed by atoms with Crippen LogP contribution < -0.4 is 5.73 Å². The Morgan fingerprint density at radius 1 is 1.21 bits per heavy atom. The van der Waals surface area contributed by atoms with Crippen molar-refractivity contribution in [2.45, 2.75) is 46.2 Å². The Kier molecular flexibility index (Phi) is 6.20. The third-order valence-corrected chi connectivity index (χ3v) is 5.85. The molecule has 3 aromatic rings. The van der Waals surface area contributed by atoms with Gasteiger partial charge in [0.1, 0.15) is 5.82 Å². The van der Waals surface area contributed by atoms with Gasteiger partial charge in [0.25, 0.3) is 5.91 Å². The molecule has 0 radical (unpaired) electrons. The molecule has 1 atom stereocenters. The van der Waals surface area contributed by atoms with E-state index in [-0.39, 0.29) is 18.4 Å². The second-order valence-electron chi connectivity index (χ2n) is 8.28. The maximum atomic E-state index is 13.4. The van der Waals surface area contributed by atoms with Crippen molar-refractivity contribution < 1.29 is 22.7 Å². The van der Waals surface area contributed by atoms with E-state index in [0.717, 1.165) is 29.8 Å². The number of halogens is 3. The molecule has 0 fully saturated rings. The molecule has 0 saturated heterocycles. The summed E-state index contributed by atoms with van der Waals surface area (Å²) in [6.07, 6.45) is -1.38. The molecule has 4 rings (SSSR count). The quantitative estimate of drug-likeness (QED) is 0.589. The number of alkyl halides is 3. The first-order valence-electron chi connectivity index (χ1n) is 10.6. The van der Waals surface area contributed by atoms with E-state index in [0.29, 0.717) is 47.9 Å². The standard InChI is InChI=1S/C23H24F3N5O2/c1-3-13(2)9-31(10-16-5-4-15(8-28-16)23(24,25)26)22(32)14-6-17-18-11-33-12-19(18)20(27)30-21(17)29-7-14/h4-8,13H,3,9-12H2,1-2H3,(H2,27,29,30). The predicted molar refractivity (Wildman–Crippen MR) is 116 cm³/mol. The van der Waals surface area contributed by atoms with Crippen LogP contribution in [0.1, 0.15) is 53.0 Å². The molecule has 2 N–H and O–H groups in total. The summed E-state index contributed by atoms with van der Waals surface area (Å²) >= 11 is 0. The minimum absolute atomic E-state index is 0.0839. The molecule has 0 aliphatic carbocycles. The Hall–Kier alpha value is -3.27. The Bertz CT molecular complexity index is 1180. The number of amides is 1. The van der Waals surface area contributed by atoms with Crippen LogP contribution in [0.4, 0.5) is 19.0 Å². The van der Waals surface area contributed by atoms with Crippen LogP contribution in [0.3, 0.4) is 0 Å². The van der Waals surface area contributed by atoms with Gasteiger partial charge in [0, 0.05) is 29.9 Å². The van der Waals surface area contributed by atoms with E-state index in [4.69, 9.17) is 10.5 Å². The van der Waals surface area contributed by atoms with Crippen LogP contribution in [-0.2, 0) is 30.7 Å². The Balaban J connectivity index is 1.65. The second-order valence-corrected chi connectivity index (χ2v) is 8.28. The molecule has 174 valence electrons. The van der Waals surface area contributed by atoms with Gasteiger partial charge < -0.3 is 15.4 Å². The van der Waals surface area contributed by atoms with Crippen molar-refractivity contribution >= 4 is 22.8 Å². The molecular formula is C23H24F3N5O2. The summed E-state index contributed by atoms with van der Waals surface area (Å²) in [6, 6.07) is 4.01. The minimum Gasteiger partial charge on any atom is -0.383 e. The van der Waals surface area contributed by atoms with Crippen molar-refractivity contribution in [3.05, 3.63) is 58.5 Å². The topological polar surface area (TPSA) is 94.2 Å². The molecule has 1 amide bonds. The lowest BCUT2D eigenvalue weighted by atomic mass is 10.0. The van der Waals surface area contributed by atoms with Gasteiger partial charge >= 0.3 is 6.18 Å². The number of rotatable bonds is 6. The van der Waals surface area contributed by atoms with Gasteiger partial charge in [-0.1, -0.05) is 20.3 Å². The van der Waals surface area contributed by atoms with E-state index < -0.39 is 11.7 Å². The van der Waals surface area contributed by atoms with E-state index in [1.807, 2.05) is 13.8 Å². The molecule has 33 heavy (non-hydrogen) atoms. The normalized spacial score (nSPS) is 14.3. The Labute approximate surface area is 188 Å². The van der Waals surface area contributed by atoms with E-state index in [2.05, 4.69) is 15.0 Å². The van der Waals surface area contributed by atoms with Gasteiger partial charge in [-0.25, -0.2) is 9.97 Å². The highest BCUT2D eigenvalue weighted by atomic mass is 19.4.